The molecule has 1 unspecified atom stereocenters. The van der Waals surface area contributed by atoms with Crippen LogP contribution in [0, 0.1) is 19.8 Å². The zero-order valence-corrected chi connectivity index (χ0v) is 12.8. The second-order valence-electron chi connectivity index (χ2n) is 5.28. The number of methoxy groups -OCH3 is 1. The van der Waals surface area contributed by atoms with Gasteiger partial charge in [0.05, 0.1) is 7.11 Å². The van der Waals surface area contributed by atoms with Gasteiger partial charge in [-0.3, -0.25) is 10.0 Å². The molecule has 0 heterocycles. The normalized spacial score (nSPS) is 12.1. The Hall–Kier alpha value is -1.55. The third-order valence-corrected chi connectivity index (χ3v) is 3.59. The summed E-state index contributed by atoms with van der Waals surface area (Å²) in [4.78, 5) is 11.7. The van der Waals surface area contributed by atoms with Gasteiger partial charge in [0.15, 0.2) is 0 Å². The fraction of sp³-hybridized carbons (Fsp3) is 0.562. The van der Waals surface area contributed by atoms with Crippen LogP contribution in [0.15, 0.2) is 12.1 Å². The maximum absolute atomic E-state index is 11.7. The summed E-state index contributed by atoms with van der Waals surface area (Å²) in [5.74, 6) is 0.405. The lowest BCUT2D eigenvalue weighted by molar-refractivity contribution is -0.133. The third kappa shape index (κ3) is 4.23. The van der Waals surface area contributed by atoms with E-state index in [-0.39, 0.29) is 11.8 Å². The maximum atomic E-state index is 11.7. The number of hydroxylamine groups is 1. The molecule has 1 amide bonds. The molecule has 0 aliphatic heterocycles. The zero-order chi connectivity index (χ0) is 15.1. The molecule has 0 saturated carbocycles. The molecule has 4 heteroatoms. The summed E-state index contributed by atoms with van der Waals surface area (Å²) < 4.78 is 5.35. The molecule has 0 radical (unpaired) electrons. The molecule has 1 aromatic rings. The number of hydrogen-bond acceptors (Lipinski definition) is 3. The van der Waals surface area contributed by atoms with Crippen LogP contribution < -0.4 is 10.2 Å². The molecule has 2 N–H and O–H groups in total. The highest BCUT2D eigenvalue weighted by Crippen LogP contribution is 2.26. The molecule has 0 aliphatic carbocycles. The Morgan fingerprint density at radius 3 is 2.40 bits per heavy atom. The van der Waals surface area contributed by atoms with Crippen LogP contribution in [0.25, 0.3) is 0 Å². The molecule has 1 atom stereocenters. The van der Waals surface area contributed by atoms with Crippen molar-refractivity contribution in [3.63, 3.8) is 0 Å². The minimum absolute atomic E-state index is 0.188. The van der Waals surface area contributed by atoms with Gasteiger partial charge in [0, 0.05) is 5.92 Å². The van der Waals surface area contributed by atoms with Crippen molar-refractivity contribution < 1.29 is 14.7 Å². The maximum Gasteiger partial charge on any atom is 0.246 e. The van der Waals surface area contributed by atoms with E-state index in [4.69, 9.17) is 9.94 Å². The summed E-state index contributed by atoms with van der Waals surface area (Å²) in [6.45, 7) is 6.10. The van der Waals surface area contributed by atoms with Crippen LogP contribution >= 0.6 is 0 Å². The van der Waals surface area contributed by atoms with Crippen LogP contribution in [0.3, 0.4) is 0 Å². The lowest BCUT2D eigenvalue weighted by atomic mass is 9.92. The molecule has 20 heavy (non-hydrogen) atoms. The first kappa shape index (κ1) is 16.5. The number of hydrogen-bond donors (Lipinski definition) is 2. The average molecular weight is 279 g/mol. The number of carbonyl (C=O) groups excluding carboxylic acids is 1. The Morgan fingerprint density at radius 2 is 1.95 bits per heavy atom. The Morgan fingerprint density at radius 1 is 1.35 bits per heavy atom. The van der Waals surface area contributed by atoms with E-state index in [9.17, 15) is 4.79 Å². The number of rotatable bonds is 7. The molecule has 4 nitrogen and oxygen atoms in total. The van der Waals surface area contributed by atoms with Gasteiger partial charge in [-0.25, -0.2) is 5.48 Å². The first-order chi connectivity index (χ1) is 9.53. The van der Waals surface area contributed by atoms with Crippen molar-refractivity contribution in [2.24, 2.45) is 5.92 Å². The minimum Gasteiger partial charge on any atom is -0.496 e. The molecule has 112 valence electrons. The first-order valence-electron chi connectivity index (χ1n) is 7.11. The van der Waals surface area contributed by atoms with Gasteiger partial charge in [-0.2, -0.15) is 0 Å². The lowest BCUT2D eigenvalue weighted by Crippen LogP contribution is -2.29. The molecular formula is C16H25NO3. The molecule has 0 fully saturated rings. The van der Waals surface area contributed by atoms with E-state index in [0.717, 1.165) is 41.7 Å². The summed E-state index contributed by atoms with van der Waals surface area (Å²) in [6, 6.07) is 4.10. The lowest BCUT2D eigenvalue weighted by Gasteiger charge is -2.16. The second kappa shape index (κ2) is 7.90. The van der Waals surface area contributed by atoms with E-state index < -0.39 is 0 Å². The molecule has 0 aromatic heterocycles. The van der Waals surface area contributed by atoms with Gasteiger partial charge in [0.1, 0.15) is 5.75 Å². The van der Waals surface area contributed by atoms with Crippen molar-refractivity contribution in [3.05, 3.63) is 28.8 Å². The van der Waals surface area contributed by atoms with Crippen molar-refractivity contribution in [2.75, 3.05) is 7.11 Å². The van der Waals surface area contributed by atoms with Crippen molar-refractivity contribution in [1.29, 1.82) is 0 Å². The molecular weight excluding hydrogens is 254 g/mol. The summed E-state index contributed by atoms with van der Waals surface area (Å²) in [6.07, 6.45) is 3.44. The van der Waals surface area contributed by atoms with Crippen LogP contribution in [-0.2, 0) is 11.2 Å². The van der Waals surface area contributed by atoms with E-state index >= 15 is 0 Å². The van der Waals surface area contributed by atoms with Crippen molar-refractivity contribution in [3.8, 4) is 5.75 Å². The highest BCUT2D eigenvalue weighted by Gasteiger charge is 2.19. The fourth-order valence-corrected chi connectivity index (χ4v) is 2.63. The van der Waals surface area contributed by atoms with Gasteiger partial charge in [-0.05, 0) is 43.4 Å². The topological polar surface area (TPSA) is 58.6 Å². The van der Waals surface area contributed by atoms with Gasteiger partial charge >= 0.3 is 0 Å². The Kier molecular flexibility index (Phi) is 6.52. The highest BCUT2D eigenvalue weighted by atomic mass is 16.5. The Bertz CT molecular complexity index is 434. The quantitative estimate of drug-likeness (QED) is 0.595. The average Bonchev–Trinajstić information content (AvgIpc) is 2.42. The summed E-state index contributed by atoms with van der Waals surface area (Å²) in [5.41, 5.74) is 5.03. The number of ether oxygens (including phenoxy) is 1. The van der Waals surface area contributed by atoms with Crippen LogP contribution in [0.5, 0.6) is 5.75 Å². The van der Waals surface area contributed by atoms with Gasteiger partial charge < -0.3 is 4.74 Å². The van der Waals surface area contributed by atoms with Crippen LogP contribution in [0.1, 0.15) is 42.9 Å². The molecule has 0 aliphatic rings. The van der Waals surface area contributed by atoms with Gasteiger partial charge in [0.2, 0.25) is 5.91 Å². The van der Waals surface area contributed by atoms with Gasteiger partial charge in [0.25, 0.3) is 0 Å². The van der Waals surface area contributed by atoms with Crippen molar-refractivity contribution >= 4 is 5.91 Å². The number of carbonyl (C=O) groups is 1. The number of aryl methyl sites for hydroxylation is 2. The predicted octanol–water partition coefficient (Wildman–Crippen LogP) is 3.17. The molecule has 0 bridgehead atoms. The number of amides is 1. The first-order valence-corrected chi connectivity index (χ1v) is 7.11. The molecule has 0 spiro atoms. The second-order valence-corrected chi connectivity index (χ2v) is 5.28. The number of nitrogens with one attached hydrogen (secondary N) is 1. The van der Waals surface area contributed by atoms with E-state index in [2.05, 4.69) is 19.1 Å². The van der Waals surface area contributed by atoms with E-state index in [1.165, 1.54) is 0 Å². The predicted molar refractivity (Wildman–Crippen MR) is 79.1 cm³/mol. The molecule has 1 rings (SSSR count). The number of unbranched alkanes of at least 4 members (excludes halogenated alkanes) is 1. The molecule has 0 saturated heterocycles. The third-order valence-electron chi connectivity index (χ3n) is 3.59. The van der Waals surface area contributed by atoms with Crippen LogP contribution in [-0.4, -0.2) is 18.2 Å². The smallest absolute Gasteiger partial charge is 0.246 e. The van der Waals surface area contributed by atoms with E-state index in [1.807, 2.05) is 13.8 Å². The summed E-state index contributed by atoms with van der Waals surface area (Å²) in [7, 11) is 1.66. The molecule has 1 aromatic carbocycles. The monoisotopic (exact) mass is 279 g/mol. The SMILES string of the molecule is CCCCC(Cc1cc(C)c(OC)c(C)c1)C(=O)NO. The summed E-state index contributed by atoms with van der Waals surface area (Å²) in [5, 5.41) is 8.85. The van der Waals surface area contributed by atoms with E-state index in [0.29, 0.717) is 6.42 Å². The minimum atomic E-state index is -0.301. The highest BCUT2D eigenvalue weighted by molar-refractivity contribution is 5.77. The van der Waals surface area contributed by atoms with E-state index in [1.54, 1.807) is 12.6 Å². The van der Waals surface area contributed by atoms with Crippen LogP contribution in [0.4, 0.5) is 0 Å². The summed E-state index contributed by atoms with van der Waals surface area (Å²) >= 11 is 0. The Balaban J connectivity index is 2.90. The standard InChI is InChI=1S/C16H25NO3/c1-5-6-7-14(16(18)17-19)10-13-8-11(2)15(20-4)12(3)9-13/h8-9,14,19H,5-7,10H2,1-4H3,(H,17,18). The van der Waals surface area contributed by atoms with Gasteiger partial charge in [-0.1, -0.05) is 31.9 Å². The van der Waals surface area contributed by atoms with Crippen LogP contribution in [0.2, 0.25) is 0 Å². The zero-order valence-electron chi connectivity index (χ0n) is 12.8. The van der Waals surface area contributed by atoms with Crippen molar-refractivity contribution in [1.82, 2.24) is 5.48 Å². The Labute approximate surface area is 121 Å². The van der Waals surface area contributed by atoms with Crippen molar-refractivity contribution in [2.45, 2.75) is 46.5 Å². The van der Waals surface area contributed by atoms with Gasteiger partial charge in [-0.15, -0.1) is 0 Å². The fourth-order valence-electron chi connectivity index (χ4n) is 2.63. The largest absolute Gasteiger partial charge is 0.496 e. The number of benzene rings is 1.